The van der Waals surface area contributed by atoms with Crippen molar-refractivity contribution in [3.8, 4) is 0 Å². The lowest BCUT2D eigenvalue weighted by Crippen LogP contribution is -2.24. The lowest BCUT2D eigenvalue weighted by atomic mass is 10.1. The highest BCUT2D eigenvalue weighted by atomic mass is 32.2. The van der Waals surface area contributed by atoms with Crippen LogP contribution in [0.4, 0.5) is 0 Å². The van der Waals surface area contributed by atoms with Crippen LogP contribution in [0.3, 0.4) is 0 Å². The summed E-state index contributed by atoms with van der Waals surface area (Å²) in [6.07, 6.45) is 3.40. The van der Waals surface area contributed by atoms with Gasteiger partial charge in [-0.2, -0.15) is 0 Å². The number of carbonyl (C=O) groups is 1. The maximum Gasteiger partial charge on any atom is 0.230 e. The number of allylic oxidation sites excluding steroid dienone is 1. The van der Waals surface area contributed by atoms with E-state index in [2.05, 4.69) is 22.1 Å². The molecule has 1 aromatic heterocycles. The number of amides is 1. The molecule has 0 saturated heterocycles. The van der Waals surface area contributed by atoms with Crippen LogP contribution in [-0.2, 0) is 17.9 Å². The monoisotopic (exact) mass is 302 g/mol. The van der Waals surface area contributed by atoms with Crippen LogP contribution in [0.5, 0.6) is 0 Å². The molecule has 0 saturated carbocycles. The Labute approximate surface area is 128 Å². The van der Waals surface area contributed by atoms with Crippen molar-refractivity contribution in [1.29, 1.82) is 0 Å². The summed E-state index contributed by atoms with van der Waals surface area (Å²) in [7, 11) is 0. The Morgan fingerprint density at radius 3 is 2.90 bits per heavy atom. The van der Waals surface area contributed by atoms with Gasteiger partial charge < -0.3 is 9.88 Å². The minimum atomic E-state index is -0.0197. The van der Waals surface area contributed by atoms with Crippen LogP contribution in [0, 0.1) is 6.92 Å². The maximum atomic E-state index is 11.8. The molecule has 0 radical (unpaired) electrons. The molecule has 0 aliphatic carbocycles. The SMILES string of the molecule is C=CCn1cnnc1SCC(=O)NCc1ccc(C)cc1. The Morgan fingerprint density at radius 2 is 2.19 bits per heavy atom. The van der Waals surface area contributed by atoms with Crippen molar-refractivity contribution in [3.05, 3.63) is 54.4 Å². The number of nitrogens with one attached hydrogen (secondary N) is 1. The molecule has 2 rings (SSSR count). The van der Waals surface area contributed by atoms with Crippen LogP contribution in [0.25, 0.3) is 0 Å². The van der Waals surface area contributed by atoms with E-state index in [1.165, 1.54) is 17.3 Å². The Morgan fingerprint density at radius 1 is 1.43 bits per heavy atom. The van der Waals surface area contributed by atoms with Crippen LogP contribution in [0.2, 0.25) is 0 Å². The molecule has 0 unspecified atom stereocenters. The van der Waals surface area contributed by atoms with Gasteiger partial charge in [0.1, 0.15) is 6.33 Å². The van der Waals surface area contributed by atoms with Gasteiger partial charge in [-0.3, -0.25) is 4.79 Å². The first-order chi connectivity index (χ1) is 10.2. The second-order valence-electron chi connectivity index (χ2n) is 4.61. The Bertz CT molecular complexity index is 606. The van der Waals surface area contributed by atoms with Crippen molar-refractivity contribution in [2.75, 3.05) is 5.75 Å². The van der Waals surface area contributed by atoms with Crippen molar-refractivity contribution >= 4 is 17.7 Å². The van der Waals surface area contributed by atoms with Gasteiger partial charge in [0.2, 0.25) is 5.91 Å². The molecular weight excluding hydrogens is 284 g/mol. The summed E-state index contributed by atoms with van der Waals surface area (Å²) in [5, 5.41) is 11.4. The minimum Gasteiger partial charge on any atom is -0.351 e. The molecule has 21 heavy (non-hydrogen) atoms. The summed E-state index contributed by atoms with van der Waals surface area (Å²) in [6, 6.07) is 8.11. The second-order valence-corrected chi connectivity index (χ2v) is 5.55. The largest absolute Gasteiger partial charge is 0.351 e. The highest BCUT2D eigenvalue weighted by Crippen LogP contribution is 2.14. The Balaban J connectivity index is 1.78. The third-order valence-corrected chi connectivity index (χ3v) is 3.83. The number of thioether (sulfide) groups is 1. The first-order valence-electron chi connectivity index (χ1n) is 6.63. The fraction of sp³-hybridized carbons (Fsp3) is 0.267. The van der Waals surface area contributed by atoms with Crippen LogP contribution >= 0.6 is 11.8 Å². The van der Waals surface area contributed by atoms with Gasteiger partial charge in [-0.15, -0.1) is 16.8 Å². The van der Waals surface area contributed by atoms with Gasteiger partial charge in [-0.25, -0.2) is 0 Å². The molecule has 0 bridgehead atoms. The molecule has 1 amide bonds. The predicted octanol–water partition coefficient (Wildman–Crippen LogP) is 2.18. The number of benzene rings is 1. The third kappa shape index (κ3) is 4.75. The van der Waals surface area contributed by atoms with Crippen LogP contribution in [0.15, 0.2) is 48.4 Å². The summed E-state index contributed by atoms with van der Waals surface area (Å²) in [6.45, 7) is 6.90. The fourth-order valence-electron chi connectivity index (χ4n) is 1.71. The second kappa shape index (κ2) is 7.64. The number of carbonyl (C=O) groups excluding carboxylic acids is 1. The molecule has 0 aliphatic rings. The summed E-state index contributed by atoms with van der Waals surface area (Å²) in [4.78, 5) is 11.8. The first kappa shape index (κ1) is 15.3. The van der Waals surface area contributed by atoms with Crippen LogP contribution < -0.4 is 5.32 Å². The van der Waals surface area contributed by atoms with E-state index in [-0.39, 0.29) is 5.91 Å². The van der Waals surface area contributed by atoms with E-state index in [1.54, 1.807) is 12.4 Å². The topological polar surface area (TPSA) is 59.8 Å². The van der Waals surface area contributed by atoms with E-state index >= 15 is 0 Å². The molecule has 0 fully saturated rings. The highest BCUT2D eigenvalue weighted by molar-refractivity contribution is 7.99. The Kier molecular flexibility index (Phi) is 5.57. The van der Waals surface area contributed by atoms with E-state index in [1.807, 2.05) is 35.8 Å². The standard InChI is InChI=1S/C15H18N4OS/c1-3-8-19-11-17-18-15(19)21-10-14(20)16-9-13-6-4-12(2)5-7-13/h3-7,11H,1,8-10H2,2H3,(H,16,20). The zero-order valence-electron chi connectivity index (χ0n) is 12.0. The highest BCUT2D eigenvalue weighted by Gasteiger charge is 2.07. The number of rotatable bonds is 7. The molecule has 0 aliphatic heterocycles. The van der Waals surface area contributed by atoms with Gasteiger partial charge in [0.05, 0.1) is 5.75 Å². The average molecular weight is 302 g/mol. The Hall–Kier alpha value is -2.08. The van der Waals surface area contributed by atoms with E-state index in [0.717, 1.165) is 10.7 Å². The molecule has 110 valence electrons. The molecule has 0 atom stereocenters. The number of aryl methyl sites for hydroxylation is 1. The van der Waals surface area contributed by atoms with Gasteiger partial charge in [0.25, 0.3) is 0 Å². The smallest absolute Gasteiger partial charge is 0.230 e. The predicted molar refractivity (Wildman–Crippen MR) is 84.0 cm³/mol. The summed E-state index contributed by atoms with van der Waals surface area (Å²) < 4.78 is 1.85. The molecule has 2 aromatic rings. The maximum absolute atomic E-state index is 11.8. The van der Waals surface area contributed by atoms with Crippen molar-refractivity contribution < 1.29 is 4.79 Å². The van der Waals surface area contributed by atoms with Crippen LogP contribution in [-0.4, -0.2) is 26.4 Å². The zero-order chi connectivity index (χ0) is 15.1. The van der Waals surface area contributed by atoms with Gasteiger partial charge in [-0.1, -0.05) is 47.7 Å². The van der Waals surface area contributed by atoms with E-state index in [0.29, 0.717) is 18.8 Å². The molecule has 1 heterocycles. The van der Waals surface area contributed by atoms with Gasteiger partial charge in [0.15, 0.2) is 5.16 Å². The summed E-state index contributed by atoms with van der Waals surface area (Å²) in [5.41, 5.74) is 2.30. The summed E-state index contributed by atoms with van der Waals surface area (Å²) >= 11 is 1.37. The van der Waals surface area contributed by atoms with Crippen molar-refractivity contribution in [1.82, 2.24) is 20.1 Å². The average Bonchev–Trinajstić information content (AvgIpc) is 2.92. The first-order valence-corrected chi connectivity index (χ1v) is 7.61. The van der Waals surface area contributed by atoms with Gasteiger partial charge >= 0.3 is 0 Å². The number of nitrogens with zero attached hydrogens (tertiary/aromatic N) is 3. The number of hydrogen-bond acceptors (Lipinski definition) is 4. The quantitative estimate of drug-likeness (QED) is 0.629. The number of hydrogen-bond donors (Lipinski definition) is 1. The van der Waals surface area contributed by atoms with E-state index in [9.17, 15) is 4.79 Å². The fourth-order valence-corrected chi connectivity index (χ4v) is 2.46. The minimum absolute atomic E-state index is 0.0197. The van der Waals surface area contributed by atoms with E-state index in [4.69, 9.17) is 0 Å². The molecule has 1 N–H and O–H groups in total. The third-order valence-electron chi connectivity index (χ3n) is 2.85. The van der Waals surface area contributed by atoms with Crippen molar-refractivity contribution in [2.24, 2.45) is 0 Å². The van der Waals surface area contributed by atoms with Gasteiger partial charge in [0, 0.05) is 13.1 Å². The van der Waals surface area contributed by atoms with Gasteiger partial charge in [-0.05, 0) is 12.5 Å². The molecule has 6 heteroatoms. The summed E-state index contributed by atoms with van der Waals surface area (Å²) in [5.74, 6) is 0.301. The zero-order valence-corrected chi connectivity index (χ0v) is 12.8. The number of aromatic nitrogens is 3. The molecular formula is C15H18N4OS. The lowest BCUT2D eigenvalue weighted by molar-refractivity contribution is -0.118. The normalized spacial score (nSPS) is 10.3. The molecule has 0 spiro atoms. The lowest BCUT2D eigenvalue weighted by Gasteiger charge is -2.06. The molecule has 5 nitrogen and oxygen atoms in total. The van der Waals surface area contributed by atoms with E-state index < -0.39 is 0 Å². The van der Waals surface area contributed by atoms with Crippen LogP contribution in [0.1, 0.15) is 11.1 Å². The van der Waals surface area contributed by atoms with Crippen molar-refractivity contribution in [2.45, 2.75) is 25.2 Å². The van der Waals surface area contributed by atoms with Crippen molar-refractivity contribution in [3.63, 3.8) is 0 Å². The molecule has 1 aromatic carbocycles.